The molecule has 0 bridgehead atoms. The summed E-state index contributed by atoms with van der Waals surface area (Å²) >= 11 is 0. The lowest BCUT2D eigenvalue weighted by molar-refractivity contribution is -0.132. The Morgan fingerprint density at radius 3 is 2.25 bits per heavy atom. The molecule has 24 heavy (non-hydrogen) atoms. The van der Waals surface area contributed by atoms with Crippen LogP contribution in [0.3, 0.4) is 0 Å². The number of hydrogen-bond acceptors (Lipinski definition) is 2. The predicted molar refractivity (Wildman–Crippen MR) is 91.4 cm³/mol. The standard InChI is InChI=1S/C19H28F2N2O/c1-12(2)8-14-10-23(18(9-13(3)4)19(24)22-14)11-15-16(20)6-5-7-17(15)21/h5-7,12-14,18H,8-11H2,1-4H3,(H,22,24). The molecule has 1 fully saturated rings. The monoisotopic (exact) mass is 338 g/mol. The second-order valence-corrected chi connectivity index (χ2v) is 7.61. The maximum atomic E-state index is 14.0. The quantitative estimate of drug-likeness (QED) is 0.857. The van der Waals surface area contributed by atoms with Gasteiger partial charge in [0.05, 0.1) is 6.04 Å². The summed E-state index contributed by atoms with van der Waals surface area (Å²) in [7, 11) is 0. The minimum Gasteiger partial charge on any atom is -0.351 e. The molecule has 1 N–H and O–H groups in total. The van der Waals surface area contributed by atoms with Crippen LogP contribution in [0.2, 0.25) is 0 Å². The van der Waals surface area contributed by atoms with Crippen molar-refractivity contribution in [1.82, 2.24) is 10.2 Å². The third-order valence-electron chi connectivity index (χ3n) is 4.42. The molecule has 0 aliphatic carbocycles. The van der Waals surface area contributed by atoms with Crippen LogP contribution >= 0.6 is 0 Å². The highest BCUT2D eigenvalue weighted by molar-refractivity contribution is 5.82. The maximum Gasteiger partial charge on any atom is 0.237 e. The molecule has 0 spiro atoms. The van der Waals surface area contributed by atoms with Crippen LogP contribution in [-0.2, 0) is 11.3 Å². The van der Waals surface area contributed by atoms with Gasteiger partial charge in [0, 0.05) is 24.7 Å². The number of amides is 1. The van der Waals surface area contributed by atoms with Gasteiger partial charge in [0.2, 0.25) is 5.91 Å². The molecule has 2 atom stereocenters. The lowest BCUT2D eigenvalue weighted by atomic mass is 9.94. The Labute approximate surface area is 143 Å². The average Bonchev–Trinajstić information content (AvgIpc) is 2.45. The van der Waals surface area contributed by atoms with Crippen LogP contribution in [0.4, 0.5) is 8.78 Å². The molecule has 5 heteroatoms. The molecule has 1 saturated heterocycles. The summed E-state index contributed by atoms with van der Waals surface area (Å²) in [6, 6.07) is 3.59. The van der Waals surface area contributed by atoms with Crippen LogP contribution in [0.1, 0.15) is 46.1 Å². The third-order valence-corrected chi connectivity index (χ3v) is 4.42. The Bertz CT molecular complexity index is 554. The fourth-order valence-corrected chi connectivity index (χ4v) is 3.39. The predicted octanol–water partition coefficient (Wildman–Crippen LogP) is 3.73. The Kier molecular flexibility index (Phi) is 6.33. The van der Waals surface area contributed by atoms with Gasteiger partial charge in [0.25, 0.3) is 0 Å². The first-order valence-electron chi connectivity index (χ1n) is 8.75. The number of carbonyl (C=O) groups excluding carboxylic acids is 1. The molecule has 134 valence electrons. The van der Waals surface area contributed by atoms with Crippen molar-refractivity contribution in [2.45, 2.75) is 59.2 Å². The van der Waals surface area contributed by atoms with E-state index in [0.29, 0.717) is 24.8 Å². The zero-order valence-electron chi connectivity index (χ0n) is 15.0. The third kappa shape index (κ3) is 4.76. The number of hydrogen-bond donors (Lipinski definition) is 1. The molecule has 0 saturated carbocycles. The summed E-state index contributed by atoms with van der Waals surface area (Å²) < 4.78 is 28.1. The highest BCUT2D eigenvalue weighted by atomic mass is 19.1. The van der Waals surface area contributed by atoms with Gasteiger partial charge < -0.3 is 5.32 Å². The van der Waals surface area contributed by atoms with E-state index in [4.69, 9.17) is 0 Å². The molecular weight excluding hydrogens is 310 g/mol. The molecule has 2 unspecified atom stereocenters. The van der Waals surface area contributed by atoms with E-state index >= 15 is 0 Å². The van der Waals surface area contributed by atoms with Gasteiger partial charge in [-0.3, -0.25) is 9.69 Å². The van der Waals surface area contributed by atoms with Crippen LogP contribution in [0.25, 0.3) is 0 Å². The number of rotatable bonds is 6. The molecule has 2 rings (SSSR count). The minimum atomic E-state index is -0.551. The molecule has 1 amide bonds. The number of halogens is 2. The summed E-state index contributed by atoms with van der Waals surface area (Å²) in [5, 5.41) is 3.08. The lowest BCUT2D eigenvalue weighted by Gasteiger charge is -2.40. The van der Waals surface area contributed by atoms with E-state index in [2.05, 4.69) is 33.0 Å². The van der Waals surface area contributed by atoms with Crippen LogP contribution in [-0.4, -0.2) is 29.4 Å². The molecular formula is C19H28F2N2O. The van der Waals surface area contributed by atoms with E-state index < -0.39 is 11.6 Å². The average molecular weight is 338 g/mol. The van der Waals surface area contributed by atoms with Gasteiger partial charge in [-0.25, -0.2) is 8.78 Å². The van der Waals surface area contributed by atoms with Gasteiger partial charge in [-0.15, -0.1) is 0 Å². The lowest BCUT2D eigenvalue weighted by Crippen LogP contribution is -2.60. The van der Waals surface area contributed by atoms with Gasteiger partial charge >= 0.3 is 0 Å². The minimum absolute atomic E-state index is 0.0238. The zero-order valence-corrected chi connectivity index (χ0v) is 15.0. The van der Waals surface area contributed by atoms with E-state index in [1.54, 1.807) is 0 Å². The molecule has 1 aromatic rings. The van der Waals surface area contributed by atoms with Crippen molar-refractivity contribution in [2.24, 2.45) is 11.8 Å². The van der Waals surface area contributed by atoms with Crippen molar-refractivity contribution >= 4 is 5.91 Å². The summed E-state index contributed by atoms with van der Waals surface area (Å²) in [6.45, 7) is 9.05. The summed E-state index contributed by atoms with van der Waals surface area (Å²) in [5.74, 6) is -0.355. The van der Waals surface area contributed by atoms with Gasteiger partial charge in [-0.05, 0) is 36.8 Å². The topological polar surface area (TPSA) is 32.3 Å². The van der Waals surface area contributed by atoms with Crippen LogP contribution in [0, 0.1) is 23.5 Å². The van der Waals surface area contributed by atoms with Crippen molar-refractivity contribution in [3.05, 3.63) is 35.4 Å². The van der Waals surface area contributed by atoms with E-state index in [1.807, 2.05) is 4.90 Å². The van der Waals surface area contributed by atoms with Gasteiger partial charge in [0.15, 0.2) is 0 Å². The largest absolute Gasteiger partial charge is 0.351 e. The fraction of sp³-hybridized carbons (Fsp3) is 0.632. The molecule has 3 nitrogen and oxygen atoms in total. The maximum absolute atomic E-state index is 14.0. The molecule has 1 aliphatic rings. The number of nitrogens with zero attached hydrogens (tertiary/aromatic N) is 1. The SMILES string of the molecule is CC(C)CC1CN(Cc2c(F)cccc2F)C(CC(C)C)C(=O)N1. The van der Waals surface area contributed by atoms with Crippen molar-refractivity contribution in [2.75, 3.05) is 6.54 Å². The molecule has 1 aliphatic heterocycles. The second kappa shape index (κ2) is 8.06. The van der Waals surface area contributed by atoms with Crippen LogP contribution < -0.4 is 5.32 Å². The Hall–Kier alpha value is -1.49. The summed E-state index contributed by atoms with van der Waals surface area (Å²) in [4.78, 5) is 14.5. The molecule has 0 radical (unpaired) electrons. The van der Waals surface area contributed by atoms with Gasteiger partial charge in [0.1, 0.15) is 11.6 Å². The van der Waals surface area contributed by atoms with E-state index in [1.165, 1.54) is 18.2 Å². The Balaban J connectivity index is 2.23. The van der Waals surface area contributed by atoms with Crippen molar-refractivity contribution < 1.29 is 13.6 Å². The highest BCUT2D eigenvalue weighted by Crippen LogP contribution is 2.23. The van der Waals surface area contributed by atoms with Crippen molar-refractivity contribution in [3.63, 3.8) is 0 Å². The summed E-state index contributed by atoms with van der Waals surface area (Å²) in [5.41, 5.74) is 0.0456. The highest BCUT2D eigenvalue weighted by Gasteiger charge is 2.35. The number of nitrogens with one attached hydrogen (secondary N) is 1. The van der Waals surface area contributed by atoms with Crippen LogP contribution in [0.15, 0.2) is 18.2 Å². The molecule has 1 aromatic carbocycles. The first-order chi connectivity index (χ1) is 11.3. The van der Waals surface area contributed by atoms with E-state index in [0.717, 1.165) is 6.42 Å². The molecule has 1 heterocycles. The van der Waals surface area contributed by atoms with Crippen LogP contribution in [0.5, 0.6) is 0 Å². The van der Waals surface area contributed by atoms with Crippen molar-refractivity contribution in [3.8, 4) is 0 Å². The normalized spacial score (nSPS) is 22.2. The first kappa shape index (κ1) is 18.8. The number of benzene rings is 1. The smallest absolute Gasteiger partial charge is 0.237 e. The van der Waals surface area contributed by atoms with Gasteiger partial charge in [-0.2, -0.15) is 0 Å². The molecule has 0 aromatic heterocycles. The Morgan fingerprint density at radius 2 is 1.71 bits per heavy atom. The number of carbonyl (C=O) groups is 1. The number of piperazine rings is 1. The second-order valence-electron chi connectivity index (χ2n) is 7.61. The fourth-order valence-electron chi connectivity index (χ4n) is 3.39. The summed E-state index contributed by atoms with van der Waals surface area (Å²) in [6.07, 6.45) is 1.53. The van der Waals surface area contributed by atoms with Gasteiger partial charge in [-0.1, -0.05) is 33.8 Å². The van der Waals surface area contributed by atoms with E-state index in [9.17, 15) is 13.6 Å². The first-order valence-corrected chi connectivity index (χ1v) is 8.75. The van der Waals surface area contributed by atoms with E-state index in [-0.39, 0.29) is 30.1 Å². The zero-order chi connectivity index (χ0) is 17.9. The van der Waals surface area contributed by atoms with Crippen molar-refractivity contribution in [1.29, 1.82) is 0 Å². The Morgan fingerprint density at radius 1 is 1.12 bits per heavy atom.